The van der Waals surface area contributed by atoms with Crippen LogP contribution >= 0.6 is 0 Å². The van der Waals surface area contributed by atoms with Crippen LogP contribution in [0.15, 0.2) is 55.5 Å². The number of nitrogens with one attached hydrogen (secondary N) is 1. The van der Waals surface area contributed by atoms with Crippen LogP contribution in [0.5, 0.6) is 5.75 Å². The van der Waals surface area contributed by atoms with Gasteiger partial charge in [0.1, 0.15) is 11.4 Å². The van der Waals surface area contributed by atoms with E-state index in [1.807, 2.05) is 41.2 Å². The van der Waals surface area contributed by atoms with Gasteiger partial charge in [0.25, 0.3) is 0 Å². The van der Waals surface area contributed by atoms with Gasteiger partial charge in [-0.05, 0) is 61.7 Å². The van der Waals surface area contributed by atoms with Crippen LogP contribution in [-0.4, -0.2) is 37.9 Å². The topological polar surface area (TPSA) is 75.9 Å². The number of phenols is 1. The Labute approximate surface area is 152 Å². The van der Waals surface area contributed by atoms with E-state index in [0.29, 0.717) is 23.0 Å². The lowest BCUT2D eigenvalue weighted by molar-refractivity contribution is 0.445. The second-order valence-corrected chi connectivity index (χ2v) is 6.51. The quantitative estimate of drug-likeness (QED) is 0.759. The van der Waals surface area contributed by atoms with E-state index in [1.165, 1.54) is 0 Å². The van der Waals surface area contributed by atoms with Crippen LogP contribution in [0.2, 0.25) is 0 Å². The Morgan fingerprint density at radius 1 is 1.15 bits per heavy atom. The fourth-order valence-corrected chi connectivity index (χ4v) is 3.30. The van der Waals surface area contributed by atoms with Gasteiger partial charge in [-0.2, -0.15) is 0 Å². The number of hydrogen-bond acceptors (Lipinski definition) is 5. The number of nitrogens with zero attached hydrogens (tertiary/aromatic N) is 4. The molecule has 1 fully saturated rings. The number of aromatic nitrogens is 4. The van der Waals surface area contributed by atoms with Crippen molar-refractivity contribution < 1.29 is 5.11 Å². The largest absolute Gasteiger partial charge is 0.507 e. The summed E-state index contributed by atoms with van der Waals surface area (Å²) in [5.74, 6) is 1.14. The Balaban J connectivity index is 1.56. The van der Waals surface area contributed by atoms with Gasteiger partial charge >= 0.3 is 0 Å². The molecule has 0 amide bonds. The first-order valence-corrected chi connectivity index (χ1v) is 8.79. The van der Waals surface area contributed by atoms with E-state index < -0.39 is 0 Å². The summed E-state index contributed by atoms with van der Waals surface area (Å²) in [6.45, 7) is 6.16. The second kappa shape index (κ2) is 7.09. The Bertz CT molecular complexity index is 896. The van der Waals surface area contributed by atoms with Crippen molar-refractivity contribution in [1.29, 1.82) is 0 Å². The summed E-state index contributed by atoms with van der Waals surface area (Å²) in [7, 11) is 0. The van der Waals surface area contributed by atoms with Crippen LogP contribution in [0.3, 0.4) is 0 Å². The highest BCUT2D eigenvalue weighted by Gasteiger charge is 2.19. The van der Waals surface area contributed by atoms with E-state index >= 15 is 0 Å². The summed E-state index contributed by atoms with van der Waals surface area (Å²) in [6.07, 6.45) is 7.60. The molecule has 6 heteroatoms. The van der Waals surface area contributed by atoms with Crippen LogP contribution < -0.4 is 5.32 Å². The molecule has 26 heavy (non-hydrogen) atoms. The maximum absolute atomic E-state index is 10.4. The zero-order valence-corrected chi connectivity index (χ0v) is 14.5. The van der Waals surface area contributed by atoms with Crippen molar-refractivity contribution >= 4 is 5.57 Å². The van der Waals surface area contributed by atoms with Gasteiger partial charge < -0.3 is 15.0 Å². The van der Waals surface area contributed by atoms with Crippen LogP contribution in [-0.2, 0) is 0 Å². The summed E-state index contributed by atoms with van der Waals surface area (Å²) < 4.78 is 1.93. The Morgan fingerprint density at radius 3 is 2.58 bits per heavy atom. The lowest BCUT2D eigenvalue weighted by atomic mass is 9.90. The summed E-state index contributed by atoms with van der Waals surface area (Å²) in [5.41, 5.74) is 2.98. The number of rotatable bonds is 4. The molecule has 0 atom stereocenters. The molecule has 0 unspecified atom stereocenters. The first kappa shape index (κ1) is 16.5. The average molecular weight is 347 g/mol. The summed E-state index contributed by atoms with van der Waals surface area (Å²) >= 11 is 0. The number of piperidine rings is 1. The number of benzene rings is 1. The number of aromatic hydroxyl groups is 1. The summed E-state index contributed by atoms with van der Waals surface area (Å²) in [6, 6.07) is 9.35. The standard InChI is InChI=1S/C20H21N5O/c1-14(15-6-8-21-9-7-15)20-22-13-18(23-24-20)17-5-4-16(12-19(17)26)25-10-2-3-11-25/h2-5,10-13,15,21,26H,1,6-9H2. The third kappa shape index (κ3) is 3.23. The van der Waals surface area contributed by atoms with Gasteiger partial charge in [0, 0.05) is 29.7 Å². The summed E-state index contributed by atoms with van der Waals surface area (Å²) in [5, 5.41) is 22.2. The third-order valence-corrected chi connectivity index (χ3v) is 4.84. The lowest BCUT2D eigenvalue weighted by Crippen LogP contribution is -2.28. The molecule has 0 spiro atoms. The minimum atomic E-state index is 0.150. The van der Waals surface area contributed by atoms with Crippen molar-refractivity contribution in [2.75, 3.05) is 13.1 Å². The van der Waals surface area contributed by atoms with Crippen LogP contribution in [0.25, 0.3) is 22.5 Å². The molecule has 1 saturated heterocycles. The van der Waals surface area contributed by atoms with Crippen molar-refractivity contribution in [3.63, 3.8) is 0 Å². The second-order valence-electron chi connectivity index (χ2n) is 6.51. The molecule has 3 heterocycles. The fourth-order valence-electron chi connectivity index (χ4n) is 3.30. The molecule has 0 aliphatic carbocycles. The molecular formula is C20H21N5O. The Kier molecular flexibility index (Phi) is 4.50. The van der Waals surface area contributed by atoms with Gasteiger partial charge in [-0.25, -0.2) is 4.98 Å². The minimum absolute atomic E-state index is 0.150. The predicted molar refractivity (Wildman–Crippen MR) is 101 cm³/mol. The molecule has 1 aromatic carbocycles. The highest BCUT2D eigenvalue weighted by Crippen LogP contribution is 2.30. The van der Waals surface area contributed by atoms with Gasteiger partial charge in [-0.3, -0.25) is 0 Å². The zero-order valence-electron chi connectivity index (χ0n) is 14.5. The molecule has 0 bridgehead atoms. The highest BCUT2D eigenvalue weighted by atomic mass is 16.3. The smallest absolute Gasteiger partial charge is 0.177 e. The van der Waals surface area contributed by atoms with Crippen LogP contribution in [0.4, 0.5) is 0 Å². The van der Waals surface area contributed by atoms with Crippen molar-refractivity contribution in [2.45, 2.75) is 12.8 Å². The molecule has 1 aliphatic rings. The molecular weight excluding hydrogens is 326 g/mol. The van der Waals surface area contributed by atoms with Crippen molar-refractivity contribution in [2.24, 2.45) is 5.92 Å². The van der Waals surface area contributed by atoms with Crippen molar-refractivity contribution in [3.8, 4) is 22.7 Å². The molecule has 132 valence electrons. The molecule has 2 N–H and O–H groups in total. The molecule has 2 aromatic heterocycles. The van der Waals surface area contributed by atoms with E-state index in [4.69, 9.17) is 0 Å². The Hall–Kier alpha value is -2.99. The van der Waals surface area contributed by atoms with Crippen LogP contribution in [0.1, 0.15) is 18.7 Å². The molecule has 6 nitrogen and oxygen atoms in total. The van der Waals surface area contributed by atoms with Crippen molar-refractivity contribution in [1.82, 2.24) is 25.1 Å². The van der Waals surface area contributed by atoms with E-state index in [9.17, 15) is 5.11 Å². The maximum Gasteiger partial charge on any atom is 0.177 e. The molecule has 0 saturated carbocycles. The Morgan fingerprint density at radius 2 is 1.92 bits per heavy atom. The van der Waals surface area contributed by atoms with Gasteiger partial charge in [0.05, 0.1) is 6.20 Å². The lowest BCUT2D eigenvalue weighted by Gasteiger charge is -2.23. The zero-order chi connectivity index (χ0) is 17.9. The molecule has 0 radical (unpaired) electrons. The van der Waals surface area contributed by atoms with Gasteiger partial charge in [0.15, 0.2) is 5.82 Å². The van der Waals surface area contributed by atoms with Gasteiger partial charge in [0.2, 0.25) is 0 Å². The average Bonchev–Trinajstić information content (AvgIpc) is 3.23. The number of hydrogen-bond donors (Lipinski definition) is 2. The molecule has 4 rings (SSSR count). The predicted octanol–water partition coefficient (Wildman–Crippen LogP) is 3.05. The van der Waals surface area contributed by atoms with Crippen LogP contribution in [0, 0.1) is 5.92 Å². The monoisotopic (exact) mass is 347 g/mol. The minimum Gasteiger partial charge on any atom is -0.507 e. The van der Waals surface area contributed by atoms with Crippen molar-refractivity contribution in [3.05, 3.63) is 61.3 Å². The third-order valence-electron chi connectivity index (χ3n) is 4.84. The number of phenolic OH excluding ortho intramolecular Hbond substituents is 1. The van der Waals surface area contributed by atoms with E-state index in [1.54, 1.807) is 12.3 Å². The van der Waals surface area contributed by atoms with E-state index in [2.05, 4.69) is 27.1 Å². The first-order chi connectivity index (χ1) is 12.7. The van der Waals surface area contributed by atoms with Gasteiger partial charge in [-0.1, -0.05) is 6.58 Å². The normalized spacial score (nSPS) is 15.1. The summed E-state index contributed by atoms with van der Waals surface area (Å²) in [4.78, 5) is 4.43. The molecule has 1 aliphatic heterocycles. The maximum atomic E-state index is 10.4. The number of allylic oxidation sites excluding steroid dienone is 1. The van der Waals surface area contributed by atoms with E-state index in [-0.39, 0.29) is 5.75 Å². The van der Waals surface area contributed by atoms with Gasteiger partial charge in [-0.15, -0.1) is 10.2 Å². The SMILES string of the molecule is C=C(c1ncc(-c2ccc(-n3cccc3)cc2O)nn1)C1CCNCC1. The fraction of sp³-hybridized carbons (Fsp3) is 0.250. The van der Waals surface area contributed by atoms with E-state index in [0.717, 1.165) is 37.2 Å². The molecule has 3 aromatic rings. The highest BCUT2D eigenvalue weighted by molar-refractivity contribution is 5.68. The first-order valence-electron chi connectivity index (χ1n) is 8.79.